The summed E-state index contributed by atoms with van der Waals surface area (Å²) in [5, 5.41) is 10.1. The second-order valence-corrected chi connectivity index (χ2v) is 8.12. The second kappa shape index (κ2) is 9.82. The van der Waals surface area contributed by atoms with Crippen LogP contribution in [0.15, 0.2) is 28.7 Å². The lowest BCUT2D eigenvalue weighted by Gasteiger charge is -2.19. The van der Waals surface area contributed by atoms with Crippen LogP contribution in [0.2, 0.25) is 0 Å². The summed E-state index contributed by atoms with van der Waals surface area (Å²) in [7, 11) is 0. The molecule has 1 aliphatic heterocycles. The van der Waals surface area contributed by atoms with Crippen LogP contribution in [0.1, 0.15) is 43.8 Å². The summed E-state index contributed by atoms with van der Waals surface area (Å²) in [5.41, 5.74) is 1.10. The van der Waals surface area contributed by atoms with Crippen LogP contribution in [-0.2, 0) is 6.42 Å². The number of anilines is 1. The summed E-state index contributed by atoms with van der Waals surface area (Å²) in [6.45, 7) is 9.35. The summed E-state index contributed by atoms with van der Waals surface area (Å²) in [6, 6.07) is 3.29. The van der Waals surface area contributed by atoms with E-state index in [-0.39, 0.29) is 11.9 Å². The molecule has 0 aromatic carbocycles. The lowest BCUT2D eigenvalue weighted by Crippen LogP contribution is -2.44. The predicted octanol–water partition coefficient (Wildman–Crippen LogP) is 3.18. The zero-order valence-corrected chi connectivity index (χ0v) is 17.6. The molecule has 2 N–H and O–H groups in total. The van der Waals surface area contributed by atoms with Crippen LogP contribution in [0, 0.1) is 5.82 Å². The number of nitrogens with zero attached hydrogens (tertiary/aromatic N) is 4. The number of thiazole rings is 1. The van der Waals surface area contributed by atoms with Gasteiger partial charge in [-0.25, -0.2) is 14.4 Å². The lowest BCUT2D eigenvalue weighted by atomic mass is 10.2. The van der Waals surface area contributed by atoms with Crippen molar-refractivity contribution in [2.75, 3.05) is 31.1 Å². The third-order valence-corrected chi connectivity index (χ3v) is 5.81. The zero-order chi connectivity index (χ0) is 19.9. The highest BCUT2D eigenvalue weighted by Crippen LogP contribution is 2.21. The molecule has 0 amide bonds. The van der Waals surface area contributed by atoms with Crippen LogP contribution in [0.25, 0.3) is 0 Å². The zero-order valence-electron chi connectivity index (χ0n) is 16.8. The standard InChI is InChI=1S/C20H29FN6S/c1-4-22-20(24-10-7-16-13-28-19(25-16)14(2)3)26-15-8-11-27(12-15)18-17(21)6-5-9-23-18/h5-6,9,13-15H,4,7-8,10-12H2,1-3H3,(H2,22,24,26). The quantitative estimate of drug-likeness (QED) is 0.548. The first kappa shape index (κ1) is 20.5. The summed E-state index contributed by atoms with van der Waals surface area (Å²) in [6.07, 6.45) is 3.38. The Morgan fingerprint density at radius 1 is 1.46 bits per heavy atom. The van der Waals surface area contributed by atoms with E-state index in [4.69, 9.17) is 4.99 Å². The fourth-order valence-corrected chi connectivity index (χ4v) is 4.05. The van der Waals surface area contributed by atoms with Gasteiger partial charge < -0.3 is 15.5 Å². The molecule has 1 unspecified atom stereocenters. The van der Waals surface area contributed by atoms with Gasteiger partial charge in [-0.2, -0.15) is 0 Å². The molecule has 2 aromatic rings. The minimum absolute atomic E-state index is 0.214. The van der Waals surface area contributed by atoms with Crippen molar-refractivity contribution in [2.24, 2.45) is 4.99 Å². The smallest absolute Gasteiger partial charge is 0.191 e. The van der Waals surface area contributed by atoms with Crippen molar-refractivity contribution in [3.8, 4) is 0 Å². The van der Waals surface area contributed by atoms with Gasteiger partial charge in [0, 0.05) is 56.1 Å². The maximum atomic E-state index is 14.0. The number of aromatic nitrogens is 2. The van der Waals surface area contributed by atoms with Gasteiger partial charge in [-0.05, 0) is 25.5 Å². The number of nitrogens with one attached hydrogen (secondary N) is 2. The van der Waals surface area contributed by atoms with Gasteiger partial charge in [0.2, 0.25) is 0 Å². The summed E-state index contributed by atoms with van der Waals surface area (Å²) >= 11 is 1.72. The second-order valence-electron chi connectivity index (χ2n) is 7.23. The van der Waals surface area contributed by atoms with E-state index in [9.17, 15) is 4.39 Å². The predicted molar refractivity (Wildman–Crippen MR) is 114 cm³/mol. The molecule has 0 bridgehead atoms. The molecule has 0 radical (unpaired) electrons. The number of hydrogen-bond acceptors (Lipinski definition) is 5. The average molecular weight is 405 g/mol. The van der Waals surface area contributed by atoms with E-state index in [1.54, 1.807) is 23.6 Å². The molecular formula is C20H29FN6S. The lowest BCUT2D eigenvalue weighted by molar-refractivity contribution is 0.612. The maximum Gasteiger partial charge on any atom is 0.191 e. The Bertz CT molecular complexity index is 791. The number of hydrogen-bond donors (Lipinski definition) is 2. The number of rotatable bonds is 7. The molecule has 0 aliphatic carbocycles. The van der Waals surface area contributed by atoms with Crippen molar-refractivity contribution in [1.29, 1.82) is 0 Å². The molecule has 1 saturated heterocycles. The van der Waals surface area contributed by atoms with Crippen molar-refractivity contribution in [3.05, 3.63) is 40.2 Å². The van der Waals surface area contributed by atoms with Gasteiger partial charge in [0.25, 0.3) is 0 Å². The molecule has 28 heavy (non-hydrogen) atoms. The van der Waals surface area contributed by atoms with Gasteiger partial charge in [0.15, 0.2) is 17.6 Å². The third kappa shape index (κ3) is 5.41. The van der Waals surface area contributed by atoms with E-state index < -0.39 is 0 Å². The average Bonchev–Trinajstić information content (AvgIpc) is 3.32. The molecule has 1 fully saturated rings. The Morgan fingerprint density at radius 2 is 2.32 bits per heavy atom. The van der Waals surface area contributed by atoms with Gasteiger partial charge in [-0.15, -0.1) is 11.3 Å². The topological polar surface area (TPSA) is 65.4 Å². The van der Waals surface area contributed by atoms with E-state index in [1.807, 2.05) is 4.90 Å². The van der Waals surface area contributed by atoms with E-state index in [0.717, 1.165) is 37.6 Å². The molecule has 2 aromatic heterocycles. The fraction of sp³-hybridized carbons (Fsp3) is 0.550. The minimum Gasteiger partial charge on any atom is -0.357 e. The van der Waals surface area contributed by atoms with E-state index >= 15 is 0 Å². The molecule has 152 valence electrons. The molecule has 3 heterocycles. The highest BCUT2D eigenvalue weighted by Gasteiger charge is 2.25. The van der Waals surface area contributed by atoms with Crippen molar-refractivity contribution >= 4 is 23.1 Å². The van der Waals surface area contributed by atoms with Gasteiger partial charge in [0.05, 0.1) is 10.7 Å². The van der Waals surface area contributed by atoms with Gasteiger partial charge in [-0.3, -0.25) is 4.99 Å². The number of guanidine groups is 1. The Kier molecular flexibility index (Phi) is 7.19. The molecule has 1 aliphatic rings. The van der Waals surface area contributed by atoms with Crippen LogP contribution < -0.4 is 15.5 Å². The number of pyridine rings is 1. The minimum atomic E-state index is -0.271. The molecule has 8 heteroatoms. The normalized spacial score (nSPS) is 17.4. The SMILES string of the molecule is CCNC(=NCCc1csc(C(C)C)n1)NC1CCN(c2ncccc2F)C1. The van der Waals surface area contributed by atoms with Crippen LogP contribution >= 0.6 is 11.3 Å². The first-order valence-electron chi connectivity index (χ1n) is 9.91. The monoisotopic (exact) mass is 404 g/mol. The number of halogens is 1. The molecule has 0 saturated carbocycles. The summed E-state index contributed by atoms with van der Waals surface area (Å²) in [4.78, 5) is 15.5. The molecule has 3 rings (SSSR count). The van der Waals surface area contributed by atoms with Crippen molar-refractivity contribution in [2.45, 2.75) is 45.6 Å². The van der Waals surface area contributed by atoms with Crippen LogP contribution in [-0.4, -0.2) is 48.1 Å². The fourth-order valence-electron chi connectivity index (χ4n) is 3.18. The molecule has 6 nitrogen and oxygen atoms in total. The first-order valence-corrected chi connectivity index (χ1v) is 10.8. The van der Waals surface area contributed by atoms with Crippen molar-refractivity contribution in [3.63, 3.8) is 0 Å². The van der Waals surface area contributed by atoms with Gasteiger partial charge in [-0.1, -0.05) is 13.8 Å². The van der Waals surface area contributed by atoms with Crippen LogP contribution in [0.3, 0.4) is 0 Å². The highest BCUT2D eigenvalue weighted by molar-refractivity contribution is 7.09. The van der Waals surface area contributed by atoms with Crippen LogP contribution in [0.4, 0.5) is 10.2 Å². The van der Waals surface area contributed by atoms with Crippen molar-refractivity contribution < 1.29 is 4.39 Å². The first-order chi connectivity index (χ1) is 13.6. The maximum absolute atomic E-state index is 14.0. The Hall–Kier alpha value is -2.22. The van der Waals surface area contributed by atoms with Crippen molar-refractivity contribution in [1.82, 2.24) is 20.6 Å². The van der Waals surface area contributed by atoms with E-state index in [1.165, 1.54) is 11.1 Å². The van der Waals surface area contributed by atoms with Gasteiger partial charge >= 0.3 is 0 Å². The Balaban J connectivity index is 1.54. The van der Waals surface area contributed by atoms with E-state index in [0.29, 0.717) is 24.8 Å². The molecule has 1 atom stereocenters. The molecular weight excluding hydrogens is 375 g/mol. The highest BCUT2D eigenvalue weighted by atomic mass is 32.1. The summed E-state index contributed by atoms with van der Waals surface area (Å²) < 4.78 is 14.0. The summed E-state index contributed by atoms with van der Waals surface area (Å²) in [5.74, 6) is 1.43. The van der Waals surface area contributed by atoms with Gasteiger partial charge in [0.1, 0.15) is 0 Å². The number of aliphatic imine (C=N–C) groups is 1. The molecule has 0 spiro atoms. The Labute approximate surface area is 170 Å². The largest absolute Gasteiger partial charge is 0.357 e. The third-order valence-electron chi connectivity index (χ3n) is 4.61. The van der Waals surface area contributed by atoms with E-state index in [2.05, 4.69) is 46.8 Å². The Morgan fingerprint density at radius 3 is 3.04 bits per heavy atom. The van der Waals surface area contributed by atoms with Crippen LogP contribution in [0.5, 0.6) is 0 Å².